The Morgan fingerprint density at radius 3 is 2.57 bits per heavy atom. The van der Waals surface area contributed by atoms with E-state index in [1.54, 1.807) is 10.4 Å². The summed E-state index contributed by atoms with van der Waals surface area (Å²) in [6.45, 7) is 0.689. The van der Waals surface area contributed by atoms with Crippen LogP contribution in [0.5, 0.6) is 0 Å². The second kappa shape index (κ2) is 3.57. The Hall–Kier alpha value is -1.65. The predicted molar refractivity (Wildman–Crippen MR) is 79.4 cm³/mol. The number of fused-ring (bicyclic) bond motifs is 3. The molecule has 0 aromatic heterocycles. The van der Waals surface area contributed by atoms with Crippen molar-refractivity contribution < 1.29 is 8.42 Å². The van der Waals surface area contributed by atoms with Gasteiger partial charge in [-0.05, 0) is 23.6 Å². The van der Waals surface area contributed by atoms with E-state index in [9.17, 15) is 8.42 Å². The van der Waals surface area contributed by atoms with Gasteiger partial charge in [0.15, 0.2) is 0 Å². The molecule has 0 N–H and O–H groups in total. The topological polar surface area (TPSA) is 37.4 Å². The van der Waals surface area contributed by atoms with Gasteiger partial charge >= 0.3 is 0 Å². The van der Waals surface area contributed by atoms with Crippen molar-refractivity contribution in [2.24, 2.45) is 5.92 Å². The Bertz CT molecular complexity index is 846. The minimum Gasteiger partial charge on any atom is -0.207 e. The third kappa shape index (κ3) is 1.26. The highest BCUT2D eigenvalue weighted by molar-refractivity contribution is 7.89. The van der Waals surface area contributed by atoms with E-state index in [4.69, 9.17) is 0 Å². The standard InChI is InChI=1S/C17H15NO2S/c19-21(20)15-9-5-4-8-13(15)16-14-11-18(21)17(14,16)10-12-6-2-1-3-7-12/h1-9,14,16H,10-11H2/t14-,16+,17-/m0/s1. The summed E-state index contributed by atoms with van der Waals surface area (Å²) in [5.41, 5.74) is 2.09. The van der Waals surface area contributed by atoms with Crippen LogP contribution in [0.3, 0.4) is 0 Å². The Morgan fingerprint density at radius 1 is 1.05 bits per heavy atom. The molecule has 5 rings (SSSR count). The monoisotopic (exact) mass is 297 g/mol. The Labute approximate surface area is 124 Å². The van der Waals surface area contributed by atoms with Crippen LogP contribution < -0.4 is 0 Å². The predicted octanol–water partition coefficient (Wildman–Crippen LogP) is 2.40. The van der Waals surface area contributed by atoms with E-state index >= 15 is 0 Å². The summed E-state index contributed by atoms with van der Waals surface area (Å²) in [6.07, 6.45) is 0.830. The molecule has 0 amide bonds. The molecular weight excluding hydrogens is 282 g/mol. The van der Waals surface area contributed by atoms with Crippen molar-refractivity contribution in [1.82, 2.24) is 4.31 Å². The van der Waals surface area contributed by atoms with Gasteiger partial charge < -0.3 is 0 Å². The first kappa shape index (κ1) is 12.0. The third-order valence-electron chi connectivity index (χ3n) is 5.45. The molecule has 1 saturated carbocycles. The molecule has 0 unspecified atom stereocenters. The van der Waals surface area contributed by atoms with Gasteiger partial charge in [-0.1, -0.05) is 48.5 Å². The molecule has 2 aromatic rings. The minimum atomic E-state index is -3.31. The van der Waals surface area contributed by atoms with Crippen molar-refractivity contribution >= 4 is 10.0 Å². The van der Waals surface area contributed by atoms with Gasteiger partial charge in [0.25, 0.3) is 0 Å². The van der Waals surface area contributed by atoms with Gasteiger partial charge in [0.2, 0.25) is 10.0 Å². The number of hydrogen-bond donors (Lipinski definition) is 0. The van der Waals surface area contributed by atoms with E-state index in [-0.39, 0.29) is 5.54 Å². The second-order valence-electron chi connectivity index (χ2n) is 6.31. The van der Waals surface area contributed by atoms with Crippen molar-refractivity contribution in [3.05, 3.63) is 65.7 Å². The van der Waals surface area contributed by atoms with Gasteiger partial charge in [0.1, 0.15) is 0 Å². The summed E-state index contributed by atoms with van der Waals surface area (Å²) in [5.74, 6) is 0.883. The van der Waals surface area contributed by atoms with Gasteiger partial charge in [-0.2, -0.15) is 4.31 Å². The first-order valence-electron chi connectivity index (χ1n) is 7.31. The second-order valence-corrected chi connectivity index (χ2v) is 8.14. The van der Waals surface area contributed by atoms with Gasteiger partial charge in [-0.15, -0.1) is 0 Å². The zero-order chi connectivity index (χ0) is 14.2. The molecule has 21 heavy (non-hydrogen) atoms. The quantitative estimate of drug-likeness (QED) is 0.853. The van der Waals surface area contributed by atoms with Gasteiger partial charge in [-0.3, -0.25) is 0 Å². The molecule has 3 atom stereocenters. The Balaban J connectivity index is 1.65. The molecule has 2 aliphatic heterocycles. The van der Waals surface area contributed by atoms with Gasteiger partial charge in [0, 0.05) is 18.4 Å². The van der Waals surface area contributed by atoms with Crippen LogP contribution >= 0.6 is 0 Å². The molecule has 0 bridgehead atoms. The lowest BCUT2D eigenvalue weighted by Crippen LogP contribution is -2.55. The Morgan fingerprint density at radius 2 is 1.76 bits per heavy atom. The largest absolute Gasteiger partial charge is 0.243 e. The fourth-order valence-electron chi connectivity index (χ4n) is 4.49. The molecule has 106 valence electrons. The number of nitrogens with zero attached hydrogens (tertiary/aromatic N) is 1. The van der Waals surface area contributed by atoms with Crippen molar-refractivity contribution in [2.75, 3.05) is 6.54 Å². The molecule has 0 radical (unpaired) electrons. The maximum atomic E-state index is 12.8. The summed E-state index contributed by atoms with van der Waals surface area (Å²) in [7, 11) is -3.31. The first-order valence-corrected chi connectivity index (χ1v) is 8.75. The van der Waals surface area contributed by atoms with E-state index in [0.717, 1.165) is 12.0 Å². The smallest absolute Gasteiger partial charge is 0.207 e. The van der Waals surface area contributed by atoms with E-state index in [0.29, 0.717) is 23.3 Å². The number of sulfonamides is 1. The van der Waals surface area contributed by atoms with Crippen LogP contribution in [0.25, 0.3) is 0 Å². The highest BCUT2D eigenvalue weighted by Crippen LogP contribution is 2.73. The van der Waals surface area contributed by atoms with E-state index in [1.165, 1.54) is 5.56 Å². The number of hydrogen-bond acceptors (Lipinski definition) is 2. The van der Waals surface area contributed by atoms with Crippen LogP contribution in [0.1, 0.15) is 17.0 Å². The lowest BCUT2D eigenvalue weighted by atomic mass is 9.95. The molecule has 2 heterocycles. The average molecular weight is 297 g/mol. The molecular formula is C17H15NO2S. The van der Waals surface area contributed by atoms with E-state index < -0.39 is 10.0 Å². The molecule has 3 nitrogen and oxygen atoms in total. The molecule has 0 spiro atoms. The zero-order valence-electron chi connectivity index (χ0n) is 11.4. The van der Waals surface area contributed by atoms with Gasteiger partial charge in [0.05, 0.1) is 10.4 Å². The molecule has 4 heteroatoms. The SMILES string of the molecule is O=S1(=O)c2ccccc2[C@@H]2[C@@H]3CN1[C@]23Cc1ccccc1. The van der Waals surface area contributed by atoms with Crippen LogP contribution in [-0.4, -0.2) is 24.8 Å². The van der Waals surface area contributed by atoms with Crippen molar-refractivity contribution in [1.29, 1.82) is 0 Å². The van der Waals surface area contributed by atoms with Crippen LogP contribution in [0.2, 0.25) is 0 Å². The highest BCUT2D eigenvalue weighted by atomic mass is 32.2. The first-order chi connectivity index (χ1) is 10.2. The molecule has 2 aromatic carbocycles. The third-order valence-corrected chi connectivity index (χ3v) is 7.45. The molecule has 1 saturated heterocycles. The fraction of sp³-hybridized carbons (Fsp3) is 0.294. The zero-order valence-corrected chi connectivity index (χ0v) is 12.3. The normalized spacial score (nSPS) is 34.5. The average Bonchev–Trinajstić information content (AvgIpc) is 3.02. The summed E-state index contributed by atoms with van der Waals surface area (Å²) in [6, 6.07) is 17.8. The van der Waals surface area contributed by atoms with Gasteiger partial charge in [-0.25, -0.2) is 8.42 Å². The van der Waals surface area contributed by atoms with Crippen LogP contribution in [0, 0.1) is 5.92 Å². The van der Waals surface area contributed by atoms with Crippen molar-refractivity contribution in [3.8, 4) is 0 Å². The lowest BCUT2D eigenvalue weighted by Gasteiger charge is -2.41. The summed E-state index contributed by atoms with van der Waals surface area (Å²) >= 11 is 0. The minimum absolute atomic E-state index is 0.172. The van der Waals surface area contributed by atoms with Crippen LogP contribution in [0.4, 0.5) is 0 Å². The van der Waals surface area contributed by atoms with Crippen LogP contribution in [-0.2, 0) is 16.4 Å². The summed E-state index contributed by atoms with van der Waals surface area (Å²) < 4.78 is 27.4. The number of benzene rings is 2. The maximum Gasteiger partial charge on any atom is 0.243 e. The fourth-order valence-corrected chi connectivity index (χ4v) is 6.59. The summed E-state index contributed by atoms with van der Waals surface area (Å²) in [5, 5.41) is 0. The molecule has 3 aliphatic rings. The van der Waals surface area contributed by atoms with Crippen molar-refractivity contribution in [3.63, 3.8) is 0 Å². The summed E-state index contributed by atoms with van der Waals surface area (Å²) in [4.78, 5) is 0.527. The van der Waals surface area contributed by atoms with E-state index in [2.05, 4.69) is 12.1 Å². The highest BCUT2D eigenvalue weighted by Gasteiger charge is 2.80. The Kier molecular flexibility index (Phi) is 2.03. The number of rotatable bonds is 2. The maximum absolute atomic E-state index is 12.8. The van der Waals surface area contributed by atoms with Crippen LogP contribution in [0.15, 0.2) is 59.5 Å². The van der Waals surface area contributed by atoms with E-state index in [1.807, 2.05) is 36.4 Å². The molecule has 2 fully saturated rings. The lowest BCUT2D eigenvalue weighted by molar-refractivity contribution is 0.179. The van der Waals surface area contributed by atoms with Crippen molar-refractivity contribution in [2.45, 2.75) is 22.8 Å². The molecule has 1 aliphatic carbocycles.